The van der Waals surface area contributed by atoms with Gasteiger partial charge in [-0.1, -0.05) is 18.2 Å². The van der Waals surface area contributed by atoms with Crippen LogP contribution in [0.5, 0.6) is 0 Å². The van der Waals surface area contributed by atoms with Crippen LogP contribution in [0.15, 0.2) is 42.5 Å². The van der Waals surface area contributed by atoms with E-state index in [1.807, 2.05) is 30.3 Å². The van der Waals surface area contributed by atoms with Crippen molar-refractivity contribution in [3.8, 4) is 11.3 Å². The van der Waals surface area contributed by atoms with Gasteiger partial charge in [0.05, 0.1) is 5.69 Å². The van der Waals surface area contributed by atoms with Gasteiger partial charge >= 0.3 is 0 Å². The van der Waals surface area contributed by atoms with E-state index in [1.54, 1.807) is 33.4 Å². The van der Waals surface area contributed by atoms with E-state index in [1.165, 1.54) is 0 Å². The predicted octanol–water partition coefficient (Wildman–Crippen LogP) is 2.05. The van der Waals surface area contributed by atoms with E-state index in [2.05, 4.69) is 15.4 Å². The van der Waals surface area contributed by atoms with E-state index in [-0.39, 0.29) is 23.6 Å². The number of aromatic nitrogens is 3. The minimum Gasteiger partial charge on any atom is -0.339 e. The minimum atomic E-state index is -0.0382. The molecule has 1 aliphatic heterocycles. The molecule has 0 unspecified atom stereocenters. The highest BCUT2D eigenvalue weighted by Crippen LogP contribution is 2.30. The number of fused-ring (bicyclic) bond motifs is 1. The molecule has 2 aromatic heterocycles. The predicted molar refractivity (Wildman–Crippen MR) is 118 cm³/mol. The van der Waals surface area contributed by atoms with Crippen molar-refractivity contribution in [2.45, 2.75) is 19.8 Å². The zero-order valence-corrected chi connectivity index (χ0v) is 17.8. The van der Waals surface area contributed by atoms with E-state index in [9.17, 15) is 14.4 Å². The lowest BCUT2D eigenvalue weighted by Crippen LogP contribution is -2.50. The summed E-state index contributed by atoms with van der Waals surface area (Å²) in [6.07, 6.45) is 1.84. The first-order valence-corrected chi connectivity index (χ1v) is 10.8. The fourth-order valence-corrected chi connectivity index (χ4v) is 3.93. The van der Waals surface area contributed by atoms with E-state index >= 15 is 0 Å². The van der Waals surface area contributed by atoms with Gasteiger partial charge in [-0.3, -0.25) is 19.7 Å². The van der Waals surface area contributed by atoms with E-state index in [0.717, 1.165) is 24.1 Å². The third kappa shape index (κ3) is 3.93. The standard InChI is InChI=1S/C23H24N6O3/c1-15(30)27-11-13-28(14-12-27)22(32)18-9-5-16(6-10-18)19-3-2-4-20-24-23(26-29(19)20)25-21(31)17-7-8-17/h2-6,9-10,17H,7-8,11-14H2,1H3,(H,25,26,31). The van der Waals surface area contributed by atoms with Gasteiger partial charge in [0.1, 0.15) is 0 Å². The molecule has 164 valence electrons. The molecule has 9 heteroatoms. The zero-order valence-electron chi connectivity index (χ0n) is 17.8. The molecule has 3 amide bonds. The second-order valence-corrected chi connectivity index (χ2v) is 8.26. The lowest BCUT2D eigenvalue weighted by Gasteiger charge is -2.34. The number of hydrogen-bond acceptors (Lipinski definition) is 5. The number of nitrogens with zero attached hydrogens (tertiary/aromatic N) is 5. The Labute approximate surface area is 185 Å². The molecule has 2 aliphatic rings. The number of hydrogen-bond donors (Lipinski definition) is 1. The highest BCUT2D eigenvalue weighted by Gasteiger charge is 2.30. The number of pyridine rings is 1. The van der Waals surface area contributed by atoms with Gasteiger partial charge in [0.2, 0.25) is 17.8 Å². The van der Waals surface area contributed by atoms with Crippen LogP contribution in [0.1, 0.15) is 30.1 Å². The lowest BCUT2D eigenvalue weighted by atomic mass is 10.1. The van der Waals surface area contributed by atoms with Crippen LogP contribution >= 0.6 is 0 Å². The van der Waals surface area contributed by atoms with Crippen LogP contribution in [-0.2, 0) is 9.59 Å². The molecule has 5 rings (SSSR count). The van der Waals surface area contributed by atoms with Crippen molar-refractivity contribution in [2.75, 3.05) is 31.5 Å². The third-order valence-electron chi connectivity index (χ3n) is 5.98. The maximum absolute atomic E-state index is 12.9. The average Bonchev–Trinajstić information content (AvgIpc) is 3.58. The molecule has 0 radical (unpaired) electrons. The maximum atomic E-state index is 12.9. The van der Waals surface area contributed by atoms with Crippen LogP contribution in [0.2, 0.25) is 0 Å². The Hall–Kier alpha value is -3.75. The highest BCUT2D eigenvalue weighted by atomic mass is 16.2. The number of carbonyl (C=O) groups is 3. The number of carbonyl (C=O) groups excluding carboxylic acids is 3. The molecule has 3 heterocycles. The van der Waals surface area contributed by atoms with Crippen molar-refractivity contribution in [1.82, 2.24) is 24.4 Å². The second kappa shape index (κ2) is 8.07. The molecule has 1 aliphatic carbocycles. The summed E-state index contributed by atoms with van der Waals surface area (Å²) in [5.41, 5.74) is 2.94. The summed E-state index contributed by atoms with van der Waals surface area (Å²) in [5.74, 6) is 0.347. The highest BCUT2D eigenvalue weighted by molar-refractivity contribution is 5.95. The van der Waals surface area contributed by atoms with E-state index in [4.69, 9.17) is 0 Å². The number of anilines is 1. The quantitative estimate of drug-likeness (QED) is 0.680. The van der Waals surface area contributed by atoms with Crippen LogP contribution in [0, 0.1) is 5.92 Å². The summed E-state index contributed by atoms with van der Waals surface area (Å²) in [5, 5.41) is 7.24. The van der Waals surface area contributed by atoms with Crippen molar-refractivity contribution in [1.29, 1.82) is 0 Å². The zero-order chi connectivity index (χ0) is 22.2. The molecule has 1 N–H and O–H groups in total. The minimum absolute atomic E-state index is 0.0329. The van der Waals surface area contributed by atoms with Gasteiger partial charge in [-0.2, -0.15) is 4.98 Å². The maximum Gasteiger partial charge on any atom is 0.253 e. The molecule has 1 saturated heterocycles. The van der Waals surface area contributed by atoms with Crippen molar-refractivity contribution >= 4 is 29.3 Å². The fourth-order valence-electron chi connectivity index (χ4n) is 3.93. The van der Waals surface area contributed by atoms with Crippen molar-refractivity contribution in [3.63, 3.8) is 0 Å². The molecule has 3 aromatic rings. The Morgan fingerprint density at radius 3 is 2.28 bits per heavy atom. The van der Waals surface area contributed by atoms with E-state index in [0.29, 0.717) is 43.3 Å². The number of benzene rings is 1. The van der Waals surface area contributed by atoms with Crippen LogP contribution < -0.4 is 5.32 Å². The normalized spacial score (nSPS) is 16.3. The Kier molecular flexibility index (Phi) is 5.08. The smallest absolute Gasteiger partial charge is 0.253 e. The van der Waals surface area contributed by atoms with Gasteiger partial charge in [0.15, 0.2) is 5.65 Å². The summed E-state index contributed by atoms with van der Waals surface area (Å²) < 4.78 is 1.69. The molecular weight excluding hydrogens is 408 g/mol. The van der Waals surface area contributed by atoms with Crippen LogP contribution in [0.25, 0.3) is 16.9 Å². The number of piperazine rings is 1. The summed E-state index contributed by atoms with van der Waals surface area (Å²) in [4.78, 5) is 44.3. The summed E-state index contributed by atoms with van der Waals surface area (Å²) >= 11 is 0. The van der Waals surface area contributed by atoms with Crippen molar-refractivity contribution in [2.24, 2.45) is 5.92 Å². The fraction of sp³-hybridized carbons (Fsp3) is 0.348. The third-order valence-corrected chi connectivity index (χ3v) is 5.98. The SMILES string of the molecule is CC(=O)N1CCN(C(=O)c2ccc(-c3cccc4nc(NC(=O)C5CC5)nn34)cc2)CC1. The van der Waals surface area contributed by atoms with Gasteiger partial charge in [-0.15, -0.1) is 5.10 Å². The van der Waals surface area contributed by atoms with Gasteiger partial charge in [-0.05, 0) is 37.1 Å². The van der Waals surface area contributed by atoms with Crippen molar-refractivity contribution in [3.05, 3.63) is 48.0 Å². The molecule has 0 bridgehead atoms. The molecule has 1 aromatic carbocycles. The van der Waals surface area contributed by atoms with Crippen LogP contribution in [0.4, 0.5) is 5.95 Å². The topological polar surface area (TPSA) is 99.9 Å². The molecule has 9 nitrogen and oxygen atoms in total. The first-order chi connectivity index (χ1) is 15.5. The first-order valence-electron chi connectivity index (χ1n) is 10.8. The average molecular weight is 432 g/mol. The second-order valence-electron chi connectivity index (χ2n) is 8.26. The van der Waals surface area contributed by atoms with Crippen LogP contribution in [0.3, 0.4) is 0 Å². The number of nitrogens with one attached hydrogen (secondary N) is 1. The van der Waals surface area contributed by atoms with Gasteiger partial charge in [0.25, 0.3) is 5.91 Å². The molecule has 32 heavy (non-hydrogen) atoms. The van der Waals surface area contributed by atoms with Gasteiger partial charge in [-0.25, -0.2) is 4.52 Å². The number of rotatable bonds is 4. The van der Waals surface area contributed by atoms with Gasteiger partial charge in [0, 0.05) is 50.1 Å². The first kappa shape index (κ1) is 20.2. The van der Waals surface area contributed by atoms with Crippen molar-refractivity contribution < 1.29 is 14.4 Å². The number of amides is 3. The Morgan fingerprint density at radius 2 is 1.62 bits per heavy atom. The van der Waals surface area contributed by atoms with Gasteiger partial charge < -0.3 is 9.80 Å². The van der Waals surface area contributed by atoms with E-state index < -0.39 is 0 Å². The molecule has 1 saturated carbocycles. The molecular formula is C23H24N6O3. The summed E-state index contributed by atoms with van der Waals surface area (Å²) in [7, 11) is 0. The molecule has 0 atom stereocenters. The largest absolute Gasteiger partial charge is 0.339 e. The Bertz CT molecular complexity index is 1190. The lowest BCUT2D eigenvalue weighted by molar-refractivity contribution is -0.130. The summed E-state index contributed by atoms with van der Waals surface area (Å²) in [6, 6.07) is 13.0. The summed E-state index contributed by atoms with van der Waals surface area (Å²) in [6.45, 7) is 3.75. The van der Waals surface area contributed by atoms with Crippen LogP contribution in [-0.4, -0.2) is 68.3 Å². The molecule has 0 spiro atoms. The Balaban J connectivity index is 1.33. The Morgan fingerprint density at radius 1 is 0.938 bits per heavy atom. The molecule has 2 fully saturated rings. The monoisotopic (exact) mass is 432 g/mol.